The molecular weight excluding hydrogens is 268 g/mol. The average molecular weight is 289 g/mol. The van der Waals surface area contributed by atoms with Gasteiger partial charge in [0.15, 0.2) is 0 Å². The lowest BCUT2D eigenvalue weighted by molar-refractivity contribution is 1.08. The molecule has 0 bridgehead atoms. The first kappa shape index (κ1) is 14.6. The van der Waals surface area contributed by atoms with Crippen molar-refractivity contribution < 1.29 is 0 Å². The molecule has 1 nitrogen and oxygen atoms in total. The normalized spacial score (nSPS) is 12.3. The molecule has 0 radical (unpaired) electrons. The highest BCUT2D eigenvalue weighted by Gasteiger charge is 2.17. The Morgan fingerprint density at radius 3 is 2.58 bits per heavy atom. The molecule has 0 aliphatic rings. The van der Waals surface area contributed by atoms with Gasteiger partial charge in [-0.2, -0.15) is 5.26 Å². The van der Waals surface area contributed by atoms with Crippen LogP contribution in [0.1, 0.15) is 42.3 Å². The van der Waals surface area contributed by atoms with Gasteiger partial charge in [0.25, 0.3) is 0 Å². The van der Waals surface area contributed by atoms with E-state index in [2.05, 4.69) is 39.6 Å². The van der Waals surface area contributed by atoms with Crippen LogP contribution in [0, 0.1) is 25.2 Å². The summed E-state index contributed by atoms with van der Waals surface area (Å²) in [5.74, 6) is 2.35. The summed E-state index contributed by atoms with van der Waals surface area (Å²) < 4.78 is 0. The van der Waals surface area contributed by atoms with E-state index in [0.717, 1.165) is 19.0 Å². The fraction of sp³-hybridized carbons (Fsp3) is 0.500. The highest BCUT2D eigenvalue weighted by Crippen LogP contribution is 2.53. The predicted octanol–water partition coefficient (Wildman–Crippen LogP) is 6.06. The van der Waals surface area contributed by atoms with Crippen molar-refractivity contribution in [1.82, 2.24) is 0 Å². The number of nitrogens with zero attached hydrogens (tertiary/aromatic N) is 1. The minimum atomic E-state index is -0.231. The van der Waals surface area contributed by atoms with E-state index in [0.29, 0.717) is 6.42 Å². The van der Waals surface area contributed by atoms with Gasteiger partial charge in [0.2, 0.25) is 0 Å². The topological polar surface area (TPSA) is 23.8 Å². The minimum Gasteiger partial charge on any atom is -0.198 e. The van der Waals surface area contributed by atoms with Gasteiger partial charge in [-0.1, -0.05) is 22.0 Å². The SMILES string of the molecule is CCc1c(CC)p(CCC#N)c2c(C)c(C)cpc12. The van der Waals surface area contributed by atoms with Crippen molar-refractivity contribution in [3.05, 3.63) is 27.8 Å². The summed E-state index contributed by atoms with van der Waals surface area (Å²) in [5, 5.41) is 13.8. The summed E-state index contributed by atoms with van der Waals surface area (Å²) >= 11 is 0. The molecule has 0 aliphatic carbocycles. The van der Waals surface area contributed by atoms with E-state index >= 15 is 0 Å². The van der Waals surface area contributed by atoms with Crippen molar-refractivity contribution in [1.29, 1.82) is 5.26 Å². The number of hydrogen-bond donors (Lipinski definition) is 0. The van der Waals surface area contributed by atoms with E-state index in [1.54, 1.807) is 21.1 Å². The van der Waals surface area contributed by atoms with Crippen LogP contribution in [-0.4, -0.2) is 0 Å². The second-order valence-electron chi connectivity index (χ2n) is 4.96. The smallest absolute Gasteiger partial charge is 0.0628 e. The molecule has 0 amide bonds. The average Bonchev–Trinajstić information content (AvgIpc) is 2.73. The van der Waals surface area contributed by atoms with E-state index in [-0.39, 0.29) is 7.53 Å². The Bertz CT molecular complexity index is 647. The standard InChI is InChI=1S/C16H21NP2/c1-5-13-14(6-2)19(9-7-8-17)16-12(4)11(3)10-18-15(13)16/h10H,5-7,9H2,1-4H3. The first-order valence-corrected chi connectivity index (χ1v) is 9.47. The van der Waals surface area contributed by atoms with Gasteiger partial charge in [-0.15, -0.1) is 7.53 Å². The van der Waals surface area contributed by atoms with Gasteiger partial charge < -0.3 is 0 Å². The Morgan fingerprint density at radius 2 is 2.00 bits per heavy atom. The van der Waals surface area contributed by atoms with E-state index in [4.69, 9.17) is 5.26 Å². The van der Waals surface area contributed by atoms with Crippen LogP contribution in [0.25, 0.3) is 10.2 Å². The zero-order chi connectivity index (χ0) is 14.0. The molecule has 2 aromatic heterocycles. The molecule has 0 saturated heterocycles. The highest BCUT2D eigenvalue weighted by molar-refractivity contribution is 7.57. The molecule has 100 valence electrons. The maximum atomic E-state index is 8.93. The molecule has 1 unspecified atom stereocenters. The fourth-order valence-corrected chi connectivity index (χ4v) is 7.77. The lowest BCUT2D eigenvalue weighted by Crippen LogP contribution is -1.83. The monoisotopic (exact) mass is 289 g/mol. The van der Waals surface area contributed by atoms with Crippen molar-refractivity contribution in [2.24, 2.45) is 0 Å². The quantitative estimate of drug-likeness (QED) is 0.671. The molecular formula is C16H21NP2. The van der Waals surface area contributed by atoms with Crippen LogP contribution in [-0.2, 0) is 19.0 Å². The molecule has 1 atom stereocenters. The highest BCUT2D eigenvalue weighted by atomic mass is 31.1. The number of fused-ring (bicyclic) bond motifs is 1. The Hall–Kier alpha value is -0.820. The van der Waals surface area contributed by atoms with E-state index in [9.17, 15) is 0 Å². The van der Waals surface area contributed by atoms with Crippen LogP contribution in [0.5, 0.6) is 0 Å². The van der Waals surface area contributed by atoms with Crippen molar-refractivity contribution in [2.45, 2.75) is 53.1 Å². The van der Waals surface area contributed by atoms with Crippen molar-refractivity contribution in [3.63, 3.8) is 0 Å². The van der Waals surface area contributed by atoms with Gasteiger partial charge >= 0.3 is 0 Å². The van der Waals surface area contributed by atoms with Crippen LogP contribution in [0.3, 0.4) is 0 Å². The summed E-state index contributed by atoms with van der Waals surface area (Å²) in [7, 11) is 1.14. The van der Waals surface area contributed by atoms with Gasteiger partial charge in [-0.3, -0.25) is 0 Å². The molecule has 0 aromatic carbocycles. The molecule has 0 aliphatic heterocycles. The van der Waals surface area contributed by atoms with E-state index in [1.807, 2.05) is 0 Å². The van der Waals surface area contributed by atoms with Crippen LogP contribution in [0.2, 0.25) is 0 Å². The number of nitriles is 1. The van der Waals surface area contributed by atoms with Crippen LogP contribution in [0.4, 0.5) is 0 Å². The molecule has 0 fully saturated rings. The fourth-order valence-electron chi connectivity index (χ4n) is 2.85. The maximum Gasteiger partial charge on any atom is 0.0628 e. The van der Waals surface area contributed by atoms with Gasteiger partial charge in [0.05, 0.1) is 6.07 Å². The minimum absolute atomic E-state index is 0.231. The lowest BCUT2D eigenvalue weighted by atomic mass is 10.1. The summed E-state index contributed by atoms with van der Waals surface area (Å²) in [5.41, 5.74) is 4.51. The molecule has 2 heterocycles. The molecule has 2 rings (SSSR count). The van der Waals surface area contributed by atoms with E-state index in [1.165, 1.54) is 19.3 Å². The Kier molecular flexibility index (Phi) is 4.67. The third-order valence-electron chi connectivity index (χ3n) is 3.92. The van der Waals surface area contributed by atoms with Crippen LogP contribution >= 0.6 is 15.7 Å². The van der Waals surface area contributed by atoms with Gasteiger partial charge in [-0.25, -0.2) is 0 Å². The molecule has 0 N–H and O–H groups in total. The summed E-state index contributed by atoms with van der Waals surface area (Å²) in [6.07, 6.45) is 4.03. The van der Waals surface area contributed by atoms with Crippen LogP contribution in [0.15, 0.2) is 5.80 Å². The lowest BCUT2D eigenvalue weighted by Gasteiger charge is -2.06. The predicted molar refractivity (Wildman–Crippen MR) is 87.6 cm³/mol. The summed E-state index contributed by atoms with van der Waals surface area (Å²) in [6.45, 7) is 9.04. The summed E-state index contributed by atoms with van der Waals surface area (Å²) in [4.78, 5) is 0. The zero-order valence-corrected chi connectivity index (χ0v) is 14.0. The first-order valence-electron chi connectivity index (χ1n) is 6.98. The number of aryl methyl sites for hydroxylation is 4. The second kappa shape index (κ2) is 6.09. The van der Waals surface area contributed by atoms with Crippen molar-refractivity contribution in [3.8, 4) is 6.07 Å². The van der Waals surface area contributed by atoms with Crippen molar-refractivity contribution in [2.75, 3.05) is 0 Å². The molecule has 2 aromatic rings. The van der Waals surface area contributed by atoms with Gasteiger partial charge in [0.1, 0.15) is 0 Å². The van der Waals surface area contributed by atoms with E-state index < -0.39 is 0 Å². The molecule has 0 saturated carbocycles. The van der Waals surface area contributed by atoms with Crippen LogP contribution < -0.4 is 0 Å². The van der Waals surface area contributed by atoms with Crippen molar-refractivity contribution >= 4 is 26.0 Å². The Labute approximate surface area is 118 Å². The number of rotatable bonds is 4. The summed E-state index contributed by atoms with van der Waals surface area (Å²) in [6, 6.07) is 2.34. The Balaban J connectivity index is 2.81. The zero-order valence-electron chi connectivity index (χ0n) is 12.2. The Morgan fingerprint density at radius 1 is 1.26 bits per heavy atom. The third kappa shape index (κ3) is 2.45. The molecule has 19 heavy (non-hydrogen) atoms. The van der Waals surface area contributed by atoms with Gasteiger partial charge in [-0.05, 0) is 60.6 Å². The maximum absolute atomic E-state index is 8.93. The number of hydrogen-bond acceptors (Lipinski definition) is 1. The third-order valence-corrected chi connectivity index (χ3v) is 8.38. The molecule has 0 spiro atoms. The second-order valence-corrected chi connectivity index (χ2v) is 8.21. The first-order chi connectivity index (χ1) is 9.15. The molecule has 3 heteroatoms. The largest absolute Gasteiger partial charge is 0.198 e. The van der Waals surface area contributed by atoms with Gasteiger partial charge in [0, 0.05) is 16.7 Å².